The van der Waals surface area contributed by atoms with E-state index >= 15 is 0 Å². The van der Waals surface area contributed by atoms with Gasteiger partial charge in [0.2, 0.25) is 6.79 Å². The Hall–Kier alpha value is -3.21. The third-order valence-corrected chi connectivity index (χ3v) is 4.38. The van der Waals surface area contributed by atoms with Gasteiger partial charge in [0, 0.05) is 5.39 Å². The Morgan fingerprint density at radius 3 is 2.81 bits per heavy atom. The van der Waals surface area contributed by atoms with Gasteiger partial charge in [-0.15, -0.1) is 0 Å². The molecule has 1 atom stereocenters. The van der Waals surface area contributed by atoms with E-state index in [9.17, 15) is 4.79 Å². The zero-order valence-electron chi connectivity index (χ0n) is 14.4. The quantitative estimate of drug-likeness (QED) is 0.761. The molecule has 3 aromatic carbocycles. The first-order valence-corrected chi connectivity index (χ1v) is 8.50. The van der Waals surface area contributed by atoms with Gasteiger partial charge in [0.05, 0.1) is 6.04 Å². The first kappa shape index (κ1) is 16.3. The SMILES string of the molecule is C[C@@H](NC(=O)COc1cccc2ccccc12)c1ccc2c(c1)OCO2. The van der Waals surface area contributed by atoms with Crippen LogP contribution in [0.4, 0.5) is 0 Å². The zero-order chi connectivity index (χ0) is 17.9. The van der Waals surface area contributed by atoms with E-state index in [1.165, 1.54) is 0 Å². The molecule has 5 heteroatoms. The summed E-state index contributed by atoms with van der Waals surface area (Å²) in [5.74, 6) is 1.96. The van der Waals surface area contributed by atoms with Crippen LogP contribution in [-0.2, 0) is 4.79 Å². The van der Waals surface area contributed by atoms with Crippen LogP contribution in [0, 0.1) is 0 Å². The van der Waals surface area contributed by atoms with Crippen LogP contribution in [0.1, 0.15) is 18.5 Å². The summed E-state index contributed by atoms with van der Waals surface area (Å²) < 4.78 is 16.4. The van der Waals surface area contributed by atoms with E-state index in [0.29, 0.717) is 11.5 Å². The number of amides is 1. The van der Waals surface area contributed by atoms with Gasteiger partial charge in [-0.05, 0) is 36.1 Å². The van der Waals surface area contributed by atoms with Gasteiger partial charge >= 0.3 is 0 Å². The first-order chi connectivity index (χ1) is 12.7. The van der Waals surface area contributed by atoms with Gasteiger partial charge in [0.25, 0.3) is 5.91 Å². The third kappa shape index (κ3) is 3.28. The maximum atomic E-state index is 12.3. The minimum atomic E-state index is -0.178. The summed E-state index contributed by atoms with van der Waals surface area (Å²) in [6, 6.07) is 19.2. The van der Waals surface area contributed by atoms with Crippen molar-refractivity contribution >= 4 is 16.7 Å². The molecule has 1 aliphatic heterocycles. The van der Waals surface area contributed by atoms with Crippen molar-refractivity contribution in [2.75, 3.05) is 13.4 Å². The highest BCUT2D eigenvalue weighted by atomic mass is 16.7. The molecule has 0 aromatic heterocycles. The Kier molecular flexibility index (Phi) is 4.35. The van der Waals surface area contributed by atoms with Gasteiger partial charge in [0.15, 0.2) is 18.1 Å². The molecule has 0 saturated carbocycles. The summed E-state index contributed by atoms with van der Waals surface area (Å²) in [6.45, 7) is 2.12. The molecule has 1 amide bonds. The number of benzene rings is 3. The van der Waals surface area contributed by atoms with E-state index in [4.69, 9.17) is 14.2 Å². The largest absolute Gasteiger partial charge is 0.483 e. The van der Waals surface area contributed by atoms with E-state index in [-0.39, 0.29) is 25.3 Å². The molecule has 1 N–H and O–H groups in total. The summed E-state index contributed by atoms with van der Waals surface area (Å²) in [4.78, 5) is 12.3. The lowest BCUT2D eigenvalue weighted by atomic mass is 10.1. The molecular weight excluding hydrogens is 330 g/mol. The Morgan fingerprint density at radius 1 is 1.08 bits per heavy atom. The van der Waals surface area contributed by atoms with Crippen LogP contribution in [0.3, 0.4) is 0 Å². The summed E-state index contributed by atoms with van der Waals surface area (Å²) in [7, 11) is 0. The molecular formula is C21H19NO4. The Balaban J connectivity index is 1.39. The third-order valence-electron chi connectivity index (χ3n) is 4.38. The van der Waals surface area contributed by atoms with Crippen LogP contribution in [0.5, 0.6) is 17.2 Å². The lowest BCUT2D eigenvalue weighted by Gasteiger charge is -2.15. The monoisotopic (exact) mass is 349 g/mol. The second kappa shape index (κ2) is 6.96. The average molecular weight is 349 g/mol. The molecule has 0 unspecified atom stereocenters. The number of rotatable bonds is 5. The fourth-order valence-electron chi connectivity index (χ4n) is 3.01. The average Bonchev–Trinajstić information content (AvgIpc) is 3.14. The smallest absolute Gasteiger partial charge is 0.258 e. The fourth-order valence-corrected chi connectivity index (χ4v) is 3.01. The molecule has 4 rings (SSSR count). The normalized spacial score (nSPS) is 13.4. The highest BCUT2D eigenvalue weighted by Crippen LogP contribution is 2.34. The predicted octanol–water partition coefficient (Wildman–Crippen LogP) is 3.82. The number of hydrogen-bond donors (Lipinski definition) is 1. The zero-order valence-corrected chi connectivity index (χ0v) is 14.4. The van der Waals surface area contributed by atoms with E-state index in [2.05, 4.69) is 5.32 Å². The topological polar surface area (TPSA) is 56.8 Å². The van der Waals surface area contributed by atoms with Crippen molar-refractivity contribution in [1.82, 2.24) is 5.32 Å². The Morgan fingerprint density at radius 2 is 1.88 bits per heavy atom. The van der Waals surface area contributed by atoms with Gasteiger partial charge in [-0.25, -0.2) is 0 Å². The standard InChI is InChI=1S/C21H19NO4/c1-14(16-9-10-19-20(11-16)26-13-25-19)22-21(23)12-24-18-8-4-6-15-5-2-3-7-17(15)18/h2-11,14H,12-13H2,1H3,(H,22,23)/t14-/m1/s1. The van der Waals surface area contributed by atoms with Gasteiger partial charge in [-0.2, -0.15) is 0 Å². The van der Waals surface area contributed by atoms with Crippen molar-refractivity contribution in [2.45, 2.75) is 13.0 Å². The minimum absolute atomic E-state index is 0.0388. The van der Waals surface area contributed by atoms with Crippen molar-refractivity contribution in [2.24, 2.45) is 0 Å². The van der Waals surface area contributed by atoms with Gasteiger partial charge < -0.3 is 19.5 Å². The lowest BCUT2D eigenvalue weighted by molar-refractivity contribution is -0.123. The van der Waals surface area contributed by atoms with Gasteiger partial charge in [-0.3, -0.25) is 4.79 Å². The number of hydrogen-bond acceptors (Lipinski definition) is 4. The molecule has 0 fully saturated rings. The lowest BCUT2D eigenvalue weighted by Crippen LogP contribution is -2.31. The van der Waals surface area contributed by atoms with Gasteiger partial charge in [0.1, 0.15) is 5.75 Å². The van der Waals surface area contributed by atoms with E-state index < -0.39 is 0 Å². The first-order valence-electron chi connectivity index (χ1n) is 8.50. The Bertz CT molecular complexity index is 948. The van der Waals surface area contributed by atoms with Crippen LogP contribution in [0.25, 0.3) is 10.8 Å². The molecule has 26 heavy (non-hydrogen) atoms. The fraction of sp³-hybridized carbons (Fsp3) is 0.190. The maximum Gasteiger partial charge on any atom is 0.258 e. The molecule has 0 spiro atoms. The number of carbonyl (C=O) groups is 1. The number of nitrogens with one attached hydrogen (secondary N) is 1. The highest BCUT2D eigenvalue weighted by Gasteiger charge is 2.17. The van der Waals surface area contributed by atoms with Gasteiger partial charge in [-0.1, -0.05) is 42.5 Å². The van der Waals surface area contributed by atoms with E-state index in [1.807, 2.05) is 67.6 Å². The molecule has 0 radical (unpaired) electrons. The summed E-state index contributed by atoms with van der Waals surface area (Å²) in [6.07, 6.45) is 0. The number of fused-ring (bicyclic) bond motifs is 2. The van der Waals surface area contributed by atoms with Crippen LogP contribution in [-0.4, -0.2) is 19.3 Å². The number of carbonyl (C=O) groups excluding carboxylic acids is 1. The molecule has 1 heterocycles. The second-order valence-corrected chi connectivity index (χ2v) is 6.17. The second-order valence-electron chi connectivity index (χ2n) is 6.17. The molecule has 3 aromatic rings. The van der Waals surface area contributed by atoms with Crippen molar-refractivity contribution in [1.29, 1.82) is 0 Å². The van der Waals surface area contributed by atoms with E-state index in [0.717, 1.165) is 22.1 Å². The summed E-state index contributed by atoms with van der Waals surface area (Å²) in [5.41, 5.74) is 0.952. The molecule has 0 bridgehead atoms. The highest BCUT2D eigenvalue weighted by molar-refractivity contribution is 5.88. The summed E-state index contributed by atoms with van der Waals surface area (Å²) >= 11 is 0. The van der Waals surface area contributed by atoms with Crippen molar-refractivity contribution in [3.05, 3.63) is 66.2 Å². The summed E-state index contributed by atoms with van der Waals surface area (Å²) in [5, 5.41) is 5.02. The molecule has 0 saturated heterocycles. The van der Waals surface area contributed by atoms with Crippen LogP contribution in [0.15, 0.2) is 60.7 Å². The molecule has 1 aliphatic rings. The van der Waals surface area contributed by atoms with Crippen LogP contribution < -0.4 is 19.5 Å². The van der Waals surface area contributed by atoms with Crippen LogP contribution in [0.2, 0.25) is 0 Å². The molecule has 0 aliphatic carbocycles. The predicted molar refractivity (Wildman–Crippen MR) is 98.6 cm³/mol. The molecule has 5 nitrogen and oxygen atoms in total. The minimum Gasteiger partial charge on any atom is -0.483 e. The van der Waals surface area contributed by atoms with Crippen molar-refractivity contribution in [3.8, 4) is 17.2 Å². The molecule has 132 valence electrons. The van der Waals surface area contributed by atoms with E-state index in [1.54, 1.807) is 0 Å². The van der Waals surface area contributed by atoms with Crippen molar-refractivity contribution in [3.63, 3.8) is 0 Å². The van der Waals surface area contributed by atoms with Crippen LogP contribution >= 0.6 is 0 Å². The number of ether oxygens (including phenoxy) is 3. The van der Waals surface area contributed by atoms with Crippen molar-refractivity contribution < 1.29 is 19.0 Å². The maximum absolute atomic E-state index is 12.3. The Labute approximate surface area is 151 Å².